The lowest BCUT2D eigenvalue weighted by Gasteiger charge is -2.26. The second-order valence-electron chi connectivity index (χ2n) is 7.03. The van der Waals surface area contributed by atoms with E-state index in [0.717, 1.165) is 12.8 Å². The summed E-state index contributed by atoms with van der Waals surface area (Å²) in [6.07, 6.45) is 11.0. The summed E-state index contributed by atoms with van der Waals surface area (Å²) in [5.41, 5.74) is 0. The van der Waals surface area contributed by atoms with Crippen LogP contribution < -0.4 is 0 Å². The van der Waals surface area contributed by atoms with Crippen molar-refractivity contribution in [3.63, 3.8) is 0 Å². The topological polar surface area (TPSA) is 37.3 Å². The SMILES string of the molecule is CCCCCCCCCCCC(=O)C(O)C[N+](C)(C)C. The van der Waals surface area contributed by atoms with E-state index in [-0.39, 0.29) is 5.78 Å². The predicted octanol–water partition coefficient (Wildman–Crippen LogP) is 3.54. The summed E-state index contributed by atoms with van der Waals surface area (Å²) in [5, 5.41) is 9.81. The van der Waals surface area contributed by atoms with Gasteiger partial charge in [-0.25, -0.2) is 0 Å². The summed E-state index contributed by atoms with van der Waals surface area (Å²) in [4.78, 5) is 11.8. The highest BCUT2D eigenvalue weighted by Crippen LogP contribution is 2.11. The highest BCUT2D eigenvalue weighted by atomic mass is 16.3. The van der Waals surface area contributed by atoms with Crippen molar-refractivity contribution in [1.29, 1.82) is 0 Å². The van der Waals surface area contributed by atoms with Crippen LogP contribution in [0.2, 0.25) is 0 Å². The number of hydrogen-bond acceptors (Lipinski definition) is 2. The summed E-state index contributed by atoms with van der Waals surface area (Å²) < 4.78 is 0.630. The fraction of sp³-hybridized carbons (Fsp3) is 0.941. The van der Waals surface area contributed by atoms with Gasteiger partial charge in [-0.1, -0.05) is 58.3 Å². The molecule has 0 aliphatic rings. The van der Waals surface area contributed by atoms with Gasteiger partial charge in [-0.15, -0.1) is 0 Å². The van der Waals surface area contributed by atoms with Gasteiger partial charge in [0.15, 0.2) is 11.9 Å². The van der Waals surface area contributed by atoms with Gasteiger partial charge in [0.25, 0.3) is 0 Å². The van der Waals surface area contributed by atoms with Gasteiger partial charge in [-0.3, -0.25) is 4.79 Å². The van der Waals surface area contributed by atoms with Crippen molar-refractivity contribution in [2.75, 3.05) is 27.7 Å². The standard InChI is InChI=1S/C17H36NO2/c1-5-6-7-8-9-10-11-12-13-14-16(19)17(20)15-18(2,3)4/h17,20H,5-15H2,1-4H3/q+1. The fourth-order valence-corrected chi connectivity index (χ4v) is 2.40. The predicted molar refractivity (Wildman–Crippen MR) is 85.8 cm³/mol. The van der Waals surface area contributed by atoms with Gasteiger partial charge >= 0.3 is 0 Å². The van der Waals surface area contributed by atoms with E-state index in [1.54, 1.807) is 0 Å². The van der Waals surface area contributed by atoms with Crippen LogP contribution in [0.1, 0.15) is 71.1 Å². The number of nitrogens with zero attached hydrogens (tertiary/aromatic N) is 1. The van der Waals surface area contributed by atoms with Gasteiger partial charge in [0.2, 0.25) is 0 Å². The number of carbonyl (C=O) groups excluding carboxylic acids is 1. The first-order valence-corrected chi connectivity index (χ1v) is 8.38. The quantitative estimate of drug-likeness (QED) is 0.415. The van der Waals surface area contributed by atoms with Gasteiger partial charge < -0.3 is 9.59 Å². The van der Waals surface area contributed by atoms with E-state index in [9.17, 15) is 9.90 Å². The molecule has 0 heterocycles. The van der Waals surface area contributed by atoms with Crippen LogP contribution >= 0.6 is 0 Å². The Morgan fingerprint density at radius 1 is 0.900 bits per heavy atom. The number of likely N-dealkylation sites (N-methyl/N-ethyl adjacent to an activating group) is 1. The van der Waals surface area contributed by atoms with Crippen LogP contribution in [0.25, 0.3) is 0 Å². The number of aliphatic hydroxyl groups excluding tert-OH is 1. The zero-order valence-electron chi connectivity index (χ0n) is 14.2. The summed E-state index contributed by atoms with van der Waals surface area (Å²) in [6.45, 7) is 2.75. The maximum atomic E-state index is 11.8. The number of rotatable bonds is 13. The molecule has 0 bridgehead atoms. The molecule has 1 N–H and O–H groups in total. The van der Waals surface area contributed by atoms with Crippen LogP contribution in [-0.2, 0) is 4.79 Å². The third-order valence-electron chi connectivity index (χ3n) is 3.62. The van der Waals surface area contributed by atoms with Crippen molar-refractivity contribution >= 4 is 5.78 Å². The lowest BCUT2D eigenvalue weighted by molar-refractivity contribution is -0.872. The maximum absolute atomic E-state index is 11.8. The number of quaternary nitrogens is 1. The molecule has 0 aromatic carbocycles. The maximum Gasteiger partial charge on any atom is 0.167 e. The number of unbranched alkanes of at least 4 members (excludes halogenated alkanes) is 8. The molecule has 0 rings (SSSR count). The fourth-order valence-electron chi connectivity index (χ4n) is 2.40. The van der Waals surface area contributed by atoms with E-state index in [1.807, 2.05) is 21.1 Å². The molecular weight excluding hydrogens is 250 g/mol. The zero-order valence-corrected chi connectivity index (χ0v) is 14.2. The zero-order chi connectivity index (χ0) is 15.4. The van der Waals surface area contributed by atoms with Gasteiger partial charge in [0, 0.05) is 6.42 Å². The molecular formula is C17H36NO2+. The van der Waals surface area contributed by atoms with Crippen molar-refractivity contribution in [3.05, 3.63) is 0 Å². The van der Waals surface area contributed by atoms with Crippen LogP contribution in [0.5, 0.6) is 0 Å². The minimum atomic E-state index is -0.788. The van der Waals surface area contributed by atoms with Crippen LogP contribution in [0, 0.1) is 0 Å². The molecule has 0 fully saturated rings. The first kappa shape index (κ1) is 19.6. The van der Waals surface area contributed by atoms with Crippen molar-refractivity contribution in [3.8, 4) is 0 Å². The largest absolute Gasteiger partial charge is 0.380 e. The minimum Gasteiger partial charge on any atom is -0.380 e. The number of ketones is 1. The molecule has 3 nitrogen and oxygen atoms in total. The third kappa shape index (κ3) is 12.6. The van der Waals surface area contributed by atoms with Gasteiger partial charge in [0.05, 0.1) is 21.1 Å². The van der Waals surface area contributed by atoms with Crippen LogP contribution in [0.3, 0.4) is 0 Å². The Hall–Kier alpha value is -0.410. The average molecular weight is 286 g/mol. The smallest absolute Gasteiger partial charge is 0.167 e. The van der Waals surface area contributed by atoms with E-state index in [0.29, 0.717) is 17.4 Å². The Morgan fingerprint density at radius 3 is 1.80 bits per heavy atom. The molecule has 0 amide bonds. The molecule has 20 heavy (non-hydrogen) atoms. The van der Waals surface area contributed by atoms with Crippen molar-refractivity contribution < 1.29 is 14.4 Å². The molecule has 3 heteroatoms. The molecule has 0 aliphatic heterocycles. The first-order chi connectivity index (χ1) is 9.37. The van der Waals surface area contributed by atoms with Crippen LogP contribution in [-0.4, -0.2) is 49.2 Å². The number of aliphatic hydroxyl groups is 1. The highest BCUT2D eigenvalue weighted by Gasteiger charge is 2.21. The van der Waals surface area contributed by atoms with E-state index in [4.69, 9.17) is 0 Å². The van der Waals surface area contributed by atoms with Gasteiger partial charge in [0.1, 0.15) is 6.54 Å². The Balaban J connectivity index is 3.44. The Labute approximate surface area is 126 Å². The number of Topliss-reactive ketones (excluding diaryl/α,β-unsaturated/α-hetero) is 1. The van der Waals surface area contributed by atoms with E-state index < -0.39 is 6.10 Å². The lowest BCUT2D eigenvalue weighted by atomic mass is 10.0. The van der Waals surface area contributed by atoms with Gasteiger partial charge in [-0.05, 0) is 6.42 Å². The summed E-state index contributed by atoms with van der Waals surface area (Å²) in [7, 11) is 5.99. The van der Waals surface area contributed by atoms with Crippen LogP contribution in [0.15, 0.2) is 0 Å². The first-order valence-electron chi connectivity index (χ1n) is 8.38. The normalized spacial score (nSPS) is 13.4. The number of carbonyl (C=O) groups is 1. The van der Waals surface area contributed by atoms with Crippen LogP contribution in [0.4, 0.5) is 0 Å². The number of hydrogen-bond donors (Lipinski definition) is 1. The Kier molecular flexibility index (Phi) is 11.0. The van der Waals surface area contributed by atoms with Crippen molar-refractivity contribution in [2.45, 2.75) is 77.2 Å². The van der Waals surface area contributed by atoms with E-state index in [1.165, 1.54) is 44.9 Å². The third-order valence-corrected chi connectivity index (χ3v) is 3.62. The molecule has 1 unspecified atom stereocenters. The molecule has 0 saturated carbocycles. The molecule has 0 saturated heterocycles. The summed E-state index contributed by atoms with van der Waals surface area (Å²) in [6, 6.07) is 0. The molecule has 0 aromatic heterocycles. The Morgan fingerprint density at radius 2 is 1.35 bits per heavy atom. The van der Waals surface area contributed by atoms with Crippen molar-refractivity contribution in [2.24, 2.45) is 0 Å². The lowest BCUT2D eigenvalue weighted by Crippen LogP contribution is -2.44. The second kappa shape index (κ2) is 11.3. The molecule has 0 aliphatic carbocycles. The monoisotopic (exact) mass is 286 g/mol. The second-order valence-corrected chi connectivity index (χ2v) is 7.03. The Bertz CT molecular complexity index is 246. The summed E-state index contributed by atoms with van der Waals surface area (Å²) >= 11 is 0. The average Bonchev–Trinajstić information content (AvgIpc) is 2.34. The summed E-state index contributed by atoms with van der Waals surface area (Å²) in [5.74, 6) is 0.0148. The van der Waals surface area contributed by atoms with Gasteiger partial charge in [-0.2, -0.15) is 0 Å². The van der Waals surface area contributed by atoms with E-state index in [2.05, 4.69) is 6.92 Å². The highest BCUT2D eigenvalue weighted by molar-refractivity contribution is 5.82. The van der Waals surface area contributed by atoms with E-state index >= 15 is 0 Å². The minimum absolute atomic E-state index is 0.0148. The molecule has 1 atom stereocenters. The van der Waals surface area contributed by atoms with Crippen molar-refractivity contribution in [1.82, 2.24) is 0 Å². The molecule has 0 aromatic rings. The molecule has 0 radical (unpaired) electrons. The molecule has 120 valence electrons. The molecule has 0 spiro atoms.